The lowest BCUT2D eigenvalue weighted by Crippen LogP contribution is -2.48. The molecule has 2 heterocycles. The van der Waals surface area contributed by atoms with E-state index in [-0.39, 0.29) is 17.4 Å². The molecule has 1 amide bonds. The summed E-state index contributed by atoms with van der Waals surface area (Å²) in [6.07, 6.45) is 3.51. The molecule has 0 saturated carbocycles. The van der Waals surface area contributed by atoms with Gasteiger partial charge in [0.05, 0.1) is 11.6 Å². The van der Waals surface area contributed by atoms with Crippen molar-refractivity contribution in [3.05, 3.63) is 17.8 Å². The Morgan fingerprint density at radius 1 is 1.55 bits per heavy atom. The summed E-state index contributed by atoms with van der Waals surface area (Å²) in [4.78, 5) is 18.8. The largest absolute Gasteiger partial charge is 0.448 e. The SMILES string of the molecule is Cc1ocnc1CN1CCCC(C(=O)NC(C)(C)C)C1. The van der Waals surface area contributed by atoms with E-state index in [2.05, 4.69) is 15.2 Å². The fraction of sp³-hybridized carbons (Fsp3) is 0.733. The van der Waals surface area contributed by atoms with Crippen LogP contribution >= 0.6 is 0 Å². The molecule has 2 rings (SSSR count). The summed E-state index contributed by atoms with van der Waals surface area (Å²) < 4.78 is 5.23. The third-order valence-corrected chi connectivity index (χ3v) is 3.59. The number of hydrogen-bond acceptors (Lipinski definition) is 4. The van der Waals surface area contributed by atoms with Crippen molar-refractivity contribution < 1.29 is 9.21 Å². The summed E-state index contributed by atoms with van der Waals surface area (Å²) in [6, 6.07) is 0. The van der Waals surface area contributed by atoms with Crippen LogP contribution in [0.4, 0.5) is 0 Å². The van der Waals surface area contributed by atoms with Gasteiger partial charge in [0.1, 0.15) is 5.76 Å². The zero-order valence-electron chi connectivity index (χ0n) is 12.9. The quantitative estimate of drug-likeness (QED) is 0.920. The van der Waals surface area contributed by atoms with Crippen LogP contribution in [-0.4, -0.2) is 34.4 Å². The van der Waals surface area contributed by atoms with Crippen molar-refractivity contribution in [2.75, 3.05) is 13.1 Å². The molecule has 1 atom stereocenters. The van der Waals surface area contributed by atoms with Gasteiger partial charge in [0.25, 0.3) is 0 Å². The van der Waals surface area contributed by atoms with Crippen molar-refractivity contribution in [3.8, 4) is 0 Å². The molecule has 0 spiro atoms. The molecule has 0 radical (unpaired) electrons. The fourth-order valence-corrected chi connectivity index (χ4v) is 2.58. The minimum absolute atomic E-state index is 0.0789. The standard InChI is InChI=1S/C15H25N3O2/c1-11-13(16-10-20-11)9-18-7-5-6-12(8-18)14(19)17-15(2,3)4/h10,12H,5-9H2,1-4H3,(H,17,19). The molecule has 1 aliphatic heterocycles. The molecule has 1 aromatic heterocycles. The maximum atomic E-state index is 12.3. The van der Waals surface area contributed by atoms with E-state index < -0.39 is 0 Å². The second-order valence-electron chi connectivity index (χ2n) is 6.67. The molecule has 1 N–H and O–H groups in total. The van der Waals surface area contributed by atoms with Crippen LogP contribution in [0.1, 0.15) is 45.1 Å². The van der Waals surface area contributed by atoms with Crippen molar-refractivity contribution in [1.82, 2.24) is 15.2 Å². The van der Waals surface area contributed by atoms with Gasteiger partial charge in [-0.15, -0.1) is 0 Å². The average molecular weight is 279 g/mol. The first kappa shape index (κ1) is 15.0. The van der Waals surface area contributed by atoms with Gasteiger partial charge in [0, 0.05) is 18.6 Å². The Hall–Kier alpha value is -1.36. The molecule has 1 saturated heterocycles. The predicted molar refractivity (Wildman–Crippen MR) is 77.1 cm³/mol. The van der Waals surface area contributed by atoms with E-state index in [4.69, 9.17) is 4.42 Å². The number of nitrogens with zero attached hydrogens (tertiary/aromatic N) is 2. The van der Waals surface area contributed by atoms with Crippen molar-refractivity contribution in [2.45, 2.75) is 52.6 Å². The lowest BCUT2D eigenvalue weighted by molar-refractivity contribution is -0.128. The first-order valence-corrected chi connectivity index (χ1v) is 7.28. The van der Waals surface area contributed by atoms with Gasteiger partial charge in [0.15, 0.2) is 6.39 Å². The van der Waals surface area contributed by atoms with Crippen LogP contribution in [0.25, 0.3) is 0 Å². The van der Waals surface area contributed by atoms with E-state index in [9.17, 15) is 4.79 Å². The summed E-state index contributed by atoms with van der Waals surface area (Å²) in [5.74, 6) is 1.11. The lowest BCUT2D eigenvalue weighted by Gasteiger charge is -2.33. The second kappa shape index (κ2) is 5.95. The van der Waals surface area contributed by atoms with Crippen LogP contribution in [0.3, 0.4) is 0 Å². The van der Waals surface area contributed by atoms with Crippen LogP contribution in [-0.2, 0) is 11.3 Å². The molecule has 1 aliphatic rings. The smallest absolute Gasteiger partial charge is 0.224 e. The number of piperidine rings is 1. The molecule has 0 aromatic carbocycles. The molecule has 5 nitrogen and oxygen atoms in total. The van der Waals surface area contributed by atoms with E-state index in [1.807, 2.05) is 27.7 Å². The number of likely N-dealkylation sites (tertiary alicyclic amines) is 1. The second-order valence-corrected chi connectivity index (χ2v) is 6.67. The number of oxazole rings is 1. The van der Waals surface area contributed by atoms with Crippen LogP contribution in [0.2, 0.25) is 0 Å². The van der Waals surface area contributed by atoms with Gasteiger partial charge in [-0.05, 0) is 47.1 Å². The van der Waals surface area contributed by atoms with E-state index in [0.717, 1.165) is 43.9 Å². The third kappa shape index (κ3) is 4.07. The molecular weight excluding hydrogens is 254 g/mol. The molecule has 1 fully saturated rings. The molecule has 20 heavy (non-hydrogen) atoms. The monoisotopic (exact) mass is 279 g/mol. The number of hydrogen-bond donors (Lipinski definition) is 1. The Morgan fingerprint density at radius 3 is 2.90 bits per heavy atom. The number of carbonyl (C=O) groups excluding carboxylic acids is 1. The van der Waals surface area contributed by atoms with Crippen molar-refractivity contribution >= 4 is 5.91 Å². The van der Waals surface area contributed by atoms with E-state index in [0.29, 0.717) is 0 Å². The highest BCUT2D eigenvalue weighted by atomic mass is 16.3. The minimum Gasteiger partial charge on any atom is -0.448 e. The first-order valence-electron chi connectivity index (χ1n) is 7.28. The van der Waals surface area contributed by atoms with Gasteiger partial charge in [0.2, 0.25) is 5.91 Å². The van der Waals surface area contributed by atoms with E-state index >= 15 is 0 Å². The van der Waals surface area contributed by atoms with Gasteiger partial charge >= 0.3 is 0 Å². The fourth-order valence-electron chi connectivity index (χ4n) is 2.58. The average Bonchev–Trinajstić information content (AvgIpc) is 2.73. The Labute approximate surface area is 120 Å². The summed E-state index contributed by atoms with van der Waals surface area (Å²) in [7, 11) is 0. The molecule has 1 aromatic rings. The number of aryl methyl sites for hydroxylation is 1. The Balaban J connectivity index is 1.92. The Bertz CT molecular complexity index is 462. The van der Waals surface area contributed by atoms with Crippen molar-refractivity contribution in [2.24, 2.45) is 5.92 Å². The lowest BCUT2D eigenvalue weighted by atomic mass is 9.95. The topological polar surface area (TPSA) is 58.4 Å². The molecule has 0 bridgehead atoms. The van der Waals surface area contributed by atoms with E-state index in [1.165, 1.54) is 6.39 Å². The summed E-state index contributed by atoms with van der Waals surface area (Å²) in [6.45, 7) is 10.6. The number of carbonyl (C=O) groups is 1. The minimum atomic E-state index is -0.165. The van der Waals surface area contributed by atoms with Crippen LogP contribution in [0, 0.1) is 12.8 Å². The highest BCUT2D eigenvalue weighted by molar-refractivity contribution is 5.79. The molecule has 1 unspecified atom stereocenters. The highest BCUT2D eigenvalue weighted by Gasteiger charge is 2.28. The normalized spacial score (nSPS) is 20.9. The van der Waals surface area contributed by atoms with Gasteiger partial charge in [-0.1, -0.05) is 0 Å². The number of rotatable bonds is 3. The molecule has 0 aliphatic carbocycles. The van der Waals surface area contributed by atoms with Gasteiger partial charge in [-0.25, -0.2) is 4.98 Å². The molecular formula is C15H25N3O2. The zero-order valence-corrected chi connectivity index (χ0v) is 12.9. The first-order chi connectivity index (χ1) is 9.35. The molecule has 112 valence electrons. The van der Waals surface area contributed by atoms with Crippen molar-refractivity contribution in [3.63, 3.8) is 0 Å². The van der Waals surface area contributed by atoms with E-state index in [1.54, 1.807) is 0 Å². The summed E-state index contributed by atoms with van der Waals surface area (Å²) in [5.41, 5.74) is 0.809. The Kier molecular flexibility index (Phi) is 4.48. The van der Waals surface area contributed by atoms with Crippen LogP contribution in [0.5, 0.6) is 0 Å². The highest BCUT2D eigenvalue weighted by Crippen LogP contribution is 2.20. The van der Waals surface area contributed by atoms with Gasteiger partial charge in [-0.3, -0.25) is 9.69 Å². The maximum Gasteiger partial charge on any atom is 0.224 e. The van der Waals surface area contributed by atoms with Gasteiger partial charge < -0.3 is 9.73 Å². The van der Waals surface area contributed by atoms with Crippen molar-refractivity contribution in [1.29, 1.82) is 0 Å². The summed E-state index contributed by atoms with van der Waals surface area (Å²) in [5, 5.41) is 3.08. The Morgan fingerprint density at radius 2 is 2.30 bits per heavy atom. The number of nitrogens with one attached hydrogen (secondary N) is 1. The number of amides is 1. The van der Waals surface area contributed by atoms with Gasteiger partial charge in [-0.2, -0.15) is 0 Å². The molecule has 5 heteroatoms. The number of aromatic nitrogens is 1. The third-order valence-electron chi connectivity index (χ3n) is 3.59. The van der Waals surface area contributed by atoms with Crippen LogP contribution < -0.4 is 5.32 Å². The van der Waals surface area contributed by atoms with Crippen LogP contribution in [0.15, 0.2) is 10.8 Å². The predicted octanol–water partition coefficient (Wildman–Crippen LogP) is 2.11. The zero-order chi connectivity index (χ0) is 14.8. The maximum absolute atomic E-state index is 12.3. The summed E-state index contributed by atoms with van der Waals surface area (Å²) >= 11 is 0.